The van der Waals surface area contributed by atoms with E-state index in [-0.39, 0.29) is 18.2 Å². The normalized spacial score (nSPS) is 10.2. The van der Waals surface area contributed by atoms with E-state index in [1.165, 1.54) is 11.3 Å². The lowest BCUT2D eigenvalue weighted by Gasteiger charge is -2.05. The van der Waals surface area contributed by atoms with Crippen LogP contribution < -0.4 is 10.6 Å². The van der Waals surface area contributed by atoms with Crippen LogP contribution in [0, 0.1) is 6.92 Å². The number of hydrogen-bond acceptors (Lipinski definition) is 4. The summed E-state index contributed by atoms with van der Waals surface area (Å²) in [5, 5.41) is 13.7. The van der Waals surface area contributed by atoms with Gasteiger partial charge in [-0.2, -0.15) is 5.10 Å². The number of aromatic nitrogens is 2. The molecule has 6 nitrogen and oxygen atoms in total. The van der Waals surface area contributed by atoms with Crippen LogP contribution in [0.4, 0.5) is 5.82 Å². The Hall–Kier alpha value is -2.15. The fourth-order valence-electron chi connectivity index (χ4n) is 1.46. The zero-order valence-corrected chi connectivity index (χ0v) is 11.2. The Morgan fingerprint density at radius 3 is 2.95 bits per heavy atom. The predicted molar refractivity (Wildman–Crippen MR) is 73.2 cm³/mol. The van der Waals surface area contributed by atoms with Crippen molar-refractivity contribution in [1.29, 1.82) is 0 Å². The number of aromatic amines is 1. The van der Waals surface area contributed by atoms with Gasteiger partial charge >= 0.3 is 0 Å². The maximum atomic E-state index is 11.6. The van der Waals surface area contributed by atoms with Gasteiger partial charge in [0.15, 0.2) is 0 Å². The lowest BCUT2D eigenvalue weighted by atomic mass is 10.3. The number of H-pyrrole nitrogens is 1. The van der Waals surface area contributed by atoms with Gasteiger partial charge in [-0.05, 0) is 18.4 Å². The van der Waals surface area contributed by atoms with Crippen molar-refractivity contribution >= 4 is 29.0 Å². The van der Waals surface area contributed by atoms with Crippen molar-refractivity contribution in [2.24, 2.45) is 0 Å². The second-order valence-corrected chi connectivity index (χ2v) is 4.91. The molecule has 0 bridgehead atoms. The second-order valence-electron chi connectivity index (χ2n) is 3.96. The number of aryl methyl sites for hydroxylation is 1. The van der Waals surface area contributed by atoms with Gasteiger partial charge in [-0.3, -0.25) is 14.7 Å². The van der Waals surface area contributed by atoms with Crippen molar-refractivity contribution in [2.45, 2.75) is 13.3 Å². The molecule has 2 rings (SSSR count). The second kappa shape index (κ2) is 6.14. The number of rotatable bonds is 5. The third kappa shape index (κ3) is 3.65. The molecule has 0 aliphatic heterocycles. The third-order valence-electron chi connectivity index (χ3n) is 2.48. The fraction of sp³-hybridized carbons (Fsp3) is 0.250. The van der Waals surface area contributed by atoms with Crippen molar-refractivity contribution in [2.75, 3.05) is 11.9 Å². The Labute approximate surface area is 114 Å². The van der Waals surface area contributed by atoms with E-state index in [1.807, 2.05) is 18.4 Å². The van der Waals surface area contributed by atoms with E-state index in [2.05, 4.69) is 20.8 Å². The molecule has 0 fully saturated rings. The Kier molecular flexibility index (Phi) is 4.30. The minimum absolute atomic E-state index is 0.152. The summed E-state index contributed by atoms with van der Waals surface area (Å²) in [5.41, 5.74) is 0.871. The monoisotopic (exact) mass is 278 g/mol. The first-order valence-corrected chi connectivity index (χ1v) is 6.66. The van der Waals surface area contributed by atoms with Crippen molar-refractivity contribution in [1.82, 2.24) is 15.5 Å². The summed E-state index contributed by atoms with van der Waals surface area (Å²) in [5.74, 6) is 0.272. The molecule has 0 saturated carbocycles. The highest BCUT2D eigenvalue weighted by Crippen LogP contribution is 2.09. The van der Waals surface area contributed by atoms with Crippen LogP contribution in [0.1, 0.15) is 21.7 Å². The summed E-state index contributed by atoms with van der Waals surface area (Å²) in [6, 6.07) is 3.56. The summed E-state index contributed by atoms with van der Waals surface area (Å²) in [6.45, 7) is 2.15. The van der Waals surface area contributed by atoms with Crippen LogP contribution in [0.15, 0.2) is 23.7 Å². The smallest absolute Gasteiger partial charge is 0.261 e. The first kappa shape index (κ1) is 13.3. The Morgan fingerprint density at radius 1 is 1.47 bits per heavy atom. The van der Waals surface area contributed by atoms with Gasteiger partial charge in [0.25, 0.3) is 5.91 Å². The molecular formula is C12H14N4O2S. The van der Waals surface area contributed by atoms with Gasteiger partial charge in [0.2, 0.25) is 5.91 Å². The van der Waals surface area contributed by atoms with E-state index in [1.54, 1.807) is 12.3 Å². The highest BCUT2D eigenvalue weighted by Gasteiger charge is 2.08. The largest absolute Gasteiger partial charge is 0.351 e. The number of nitrogens with zero attached hydrogens (tertiary/aromatic N) is 1. The van der Waals surface area contributed by atoms with E-state index in [9.17, 15) is 9.59 Å². The maximum Gasteiger partial charge on any atom is 0.261 e. The zero-order chi connectivity index (χ0) is 13.7. The molecule has 2 aromatic rings. The van der Waals surface area contributed by atoms with Crippen LogP contribution in [-0.4, -0.2) is 28.6 Å². The lowest BCUT2D eigenvalue weighted by molar-refractivity contribution is -0.116. The summed E-state index contributed by atoms with van der Waals surface area (Å²) in [6.07, 6.45) is 1.85. The summed E-state index contributed by atoms with van der Waals surface area (Å²) < 4.78 is 0. The first-order valence-electron chi connectivity index (χ1n) is 5.78. The van der Waals surface area contributed by atoms with Gasteiger partial charge < -0.3 is 10.6 Å². The zero-order valence-electron chi connectivity index (χ0n) is 10.4. The summed E-state index contributed by atoms with van der Waals surface area (Å²) in [4.78, 5) is 23.9. The van der Waals surface area contributed by atoms with Crippen LogP contribution in [0.2, 0.25) is 0 Å². The van der Waals surface area contributed by atoms with E-state index >= 15 is 0 Å². The molecule has 2 heterocycles. The molecular weight excluding hydrogens is 264 g/mol. The number of nitrogens with one attached hydrogen (secondary N) is 3. The van der Waals surface area contributed by atoms with Crippen LogP contribution in [-0.2, 0) is 4.79 Å². The Bertz CT molecular complexity index is 562. The quantitative estimate of drug-likeness (QED) is 0.775. The molecule has 0 spiro atoms. The topological polar surface area (TPSA) is 86.9 Å². The summed E-state index contributed by atoms with van der Waals surface area (Å²) >= 11 is 1.37. The van der Waals surface area contributed by atoms with Crippen molar-refractivity contribution < 1.29 is 9.59 Å². The lowest BCUT2D eigenvalue weighted by Crippen LogP contribution is -2.27. The molecule has 0 aliphatic carbocycles. The minimum Gasteiger partial charge on any atom is -0.351 e. The van der Waals surface area contributed by atoms with E-state index in [0.717, 1.165) is 5.56 Å². The molecule has 3 N–H and O–H groups in total. The van der Waals surface area contributed by atoms with Gasteiger partial charge in [0, 0.05) is 18.5 Å². The molecule has 2 aromatic heterocycles. The number of carbonyl (C=O) groups excluding carboxylic acids is 2. The standard InChI is InChI=1S/C12H14N4O2S/c1-8-7-14-16-11(8)15-10(17)4-5-13-12(18)9-3-2-6-19-9/h2-3,6-7H,4-5H2,1H3,(H,13,18)(H2,14,15,16,17). The number of amides is 2. The van der Waals surface area contributed by atoms with Crippen LogP contribution in [0.3, 0.4) is 0 Å². The highest BCUT2D eigenvalue weighted by molar-refractivity contribution is 7.12. The predicted octanol–water partition coefficient (Wildman–Crippen LogP) is 1.54. The van der Waals surface area contributed by atoms with Gasteiger partial charge in [-0.15, -0.1) is 11.3 Å². The highest BCUT2D eigenvalue weighted by atomic mass is 32.1. The molecule has 19 heavy (non-hydrogen) atoms. The fourth-order valence-corrected chi connectivity index (χ4v) is 2.10. The van der Waals surface area contributed by atoms with Crippen molar-refractivity contribution in [3.8, 4) is 0 Å². The van der Waals surface area contributed by atoms with Gasteiger partial charge in [-0.1, -0.05) is 6.07 Å². The first-order chi connectivity index (χ1) is 9.16. The average Bonchev–Trinajstić information content (AvgIpc) is 3.02. The van der Waals surface area contributed by atoms with Crippen molar-refractivity contribution in [3.05, 3.63) is 34.2 Å². The van der Waals surface area contributed by atoms with Crippen LogP contribution >= 0.6 is 11.3 Å². The van der Waals surface area contributed by atoms with Gasteiger partial charge in [0.1, 0.15) is 5.82 Å². The number of hydrogen-bond donors (Lipinski definition) is 3. The van der Waals surface area contributed by atoms with E-state index in [0.29, 0.717) is 17.2 Å². The average molecular weight is 278 g/mol. The molecule has 0 aromatic carbocycles. The van der Waals surface area contributed by atoms with E-state index in [4.69, 9.17) is 0 Å². The third-order valence-corrected chi connectivity index (χ3v) is 3.34. The molecule has 0 aliphatic rings. The molecule has 7 heteroatoms. The van der Waals surface area contributed by atoms with Gasteiger partial charge in [-0.25, -0.2) is 0 Å². The molecule has 0 radical (unpaired) electrons. The van der Waals surface area contributed by atoms with Crippen LogP contribution in [0.5, 0.6) is 0 Å². The Balaban J connectivity index is 1.73. The number of carbonyl (C=O) groups is 2. The molecule has 0 atom stereocenters. The molecule has 0 unspecified atom stereocenters. The molecule has 2 amide bonds. The molecule has 0 saturated heterocycles. The Morgan fingerprint density at radius 2 is 2.32 bits per heavy atom. The number of thiophene rings is 1. The van der Waals surface area contributed by atoms with Gasteiger partial charge in [0.05, 0.1) is 11.1 Å². The van der Waals surface area contributed by atoms with Crippen molar-refractivity contribution in [3.63, 3.8) is 0 Å². The number of anilines is 1. The summed E-state index contributed by atoms with van der Waals surface area (Å²) in [7, 11) is 0. The van der Waals surface area contributed by atoms with Crippen LogP contribution in [0.25, 0.3) is 0 Å². The maximum absolute atomic E-state index is 11.6. The van der Waals surface area contributed by atoms with E-state index < -0.39 is 0 Å². The molecule has 100 valence electrons. The minimum atomic E-state index is -0.168. The SMILES string of the molecule is Cc1cn[nH]c1NC(=O)CCNC(=O)c1cccs1.